The second kappa shape index (κ2) is 2.88. The van der Waals surface area contributed by atoms with Crippen molar-refractivity contribution < 1.29 is 0 Å². The van der Waals surface area contributed by atoms with Gasteiger partial charge >= 0.3 is 0 Å². The lowest BCUT2D eigenvalue weighted by Crippen LogP contribution is -1.90. The van der Waals surface area contributed by atoms with Crippen LogP contribution in [0.4, 0.5) is 0 Å². The molecular weight excluding hydrogens is 122 g/mol. The van der Waals surface area contributed by atoms with Crippen LogP contribution in [0, 0.1) is 5.41 Å². The highest BCUT2D eigenvalue weighted by Crippen LogP contribution is 2.07. The number of hydrogen-bond donors (Lipinski definition) is 1. The highest BCUT2D eigenvalue weighted by molar-refractivity contribution is 6.31. The van der Waals surface area contributed by atoms with E-state index < -0.39 is 0 Å². The van der Waals surface area contributed by atoms with Crippen LogP contribution in [0.25, 0.3) is 0 Å². The van der Waals surface area contributed by atoms with Crippen molar-refractivity contribution in [3.05, 3.63) is 10.6 Å². The molecule has 0 saturated carbocycles. The van der Waals surface area contributed by atoms with Gasteiger partial charge in [0.15, 0.2) is 0 Å². The Bertz CT molecular complexity index is 131. The maximum absolute atomic E-state index is 7.09. The van der Waals surface area contributed by atoms with Crippen LogP contribution in [0.3, 0.4) is 0 Å². The summed E-state index contributed by atoms with van der Waals surface area (Å²) >= 11 is 5.56. The summed E-state index contributed by atoms with van der Waals surface area (Å²) in [6.45, 7) is 5.35. The van der Waals surface area contributed by atoms with Crippen molar-refractivity contribution in [1.82, 2.24) is 0 Å². The molecule has 0 aliphatic carbocycles. The van der Waals surface area contributed by atoms with Gasteiger partial charge in [0.1, 0.15) is 0 Å². The lowest BCUT2D eigenvalue weighted by Gasteiger charge is -1.95. The SMILES string of the molecule is CC(=N)/C(C)=C(\C)Cl. The number of hydrogen-bond acceptors (Lipinski definition) is 1. The third-order valence-corrected chi connectivity index (χ3v) is 1.36. The minimum Gasteiger partial charge on any atom is -0.305 e. The average molecular weight is 132 g/mol. The minimum atomic E-state index is 0.539. The van der Waals surface area contributed by atoms with Gasteiger partial charge in [0.25, 0.3) is 0 Å². The Morgan fingerprint density at radius 2 is 1.62 bits per heavy atom. The van der Waals surface area contributed by atoms with E-state index in [4.69, 9.17) is 17.0 Å². The molecule has 0 aliphatic heterocycles. The summed E-state index contributed by atoms with van der Waals surface area (Å²) in [6, 6.07) is 0. The Labute approximate surface area is 54.9 Å². The van der Waals surface area contributed by atoms with Crippen LogP contribution in [0.15, 0.2) is 10.6 Å². The normalized spacial score (nSPS) is 13.0. The molecule has 0 atom stereocenters. The highest BCUT2D eigenvalue weighted by Gasteiger charge is 1.93. The molecule has 1 nitrogen and oxygen atoms in total. The Kier molecular flexibility index (Phi) is 2.77. The molecule has 0 saturated heterocycles. The van der Waals surface area contributed by atoms with E-state index in [1.807, 2.05) is 6.92 Å². The summed E-state index contributed by atoms with van der Waals surface area (Å²) in [5, 5.41) is 7.79. The quantitative estimate of drug-likeness (QED) is 0.529. The number of nitrogens with one attached hydrogen (secondary N) is 1. The molecule has 0 aromatic rings. The Balaban J connectivity index is 4.23. The standard InChI is InChI=1S/C6H10ClN/c1-4(5(2)7)6(3)8/h8H,1-3H3/b5-4+,8-6?. The molecule has 0 aliphatic rings. The molecule has 0 bridgehead atoms. The molecule has 0 amide bonds. The molecule has 0 rings (SSSR count). The lowest BCUT2D eigenvalue weighted by molar-refractivity contribution is 1.39. The van der Waals surface area contributed by atoms with Gasteiger partial charge in [-0.05, 0) is 26.3 Å². The van der Waals surface area contributed by atoms with Gasteiger partial charge in [-0.25, -0.2) is 0 Å². The smallest absolute Gasteiger partial charge is 0.0323 e. The third-order valence-electron chi connectivity index (χ3n) is 1.08. The monoisotopic (exact) mass is 131 g/mol. The van der Waals surface area contributed by atoms with Crippen molar-refractivity contribution in [3.8, 4) is 0 Å². The van der Waals surface area contributed by atoms with Crippen LogP contribution < -0.4 is 0 Å². The zero-order valence-corrected chi connectivity index (χ0v) is 6.13. The fraction of sp³-hybridized carbons (Fsp3) is 0.500. The van der Waals surface area contributed by atoms with Crippen LogP contribution in [-0.4, -0.2) is 5.71 Å². The Morgan fingerprint density at radius 3 is 1.62 bits per heavy atom. The third kappa shape index (κ3) is 2.12. The van der Waals surface area contributed by atoms with Crippen molar-refractivity contribution in [2.45, 2.75) is 20.8 Å². The molecule has 0 spiro atoms. The van der Waals surface area contributed by atoms with Gasteiger partial charge in [-0.15, -0.1) is 0 Å². The van der Waals surface area contributed by atoms with E-state index in [0.29, 0.717) is 10.7 Å². The summed E-state index contributed by atoms with van der Waals surface area (Å²) in [5.74, 6) is 0. The van der Waals surface area contributed by atoms with Crippen molar-refractivity contribution in [3.63, 3.8) is 0 Å². The summed E-state index contributed by atoms with van der Waals surface area (Å²) in [4.78, 5) is 0. The van der Waals surface area contributed by atoms with Crippen molar-refractivity contribution in [2.24, 2.45) is 0 Å². The van der Waals surface area contributed by atoms with Gasteiger partial charge < -0.3 is 5.41 Å². The molecule has 0 aromatic heterocycles. The first kappa shape index (κ1) is 7.70. The van der Waals surface area contributed by atoms with Gasteiger partial charge in [-0.2, -0.15) is 0 Å². The molecule has 0 aromatic carbocycles. The second-order valence-corrected chi connectivity index (χ2v) is 2.35. The first-order chi connectivity index (χ1) is 3.55. The van der Waals surface area contributed by atoms with Crippen LogP contribution in [0.2, 0.25) is 0 Å². The van der Waals surface area contributed by atoms with E-state index in [-0.39, 0.29) is 0 Å². The molecule has 1 N–H and O–H groups in total. The van der Waals surface area contributed by atoms with Gasteiger partial charge in [-0.3, -0.25) is 0 Å². The van der Waals surface area contributed by atoms with Crippen LogP contribution in [0.5, 0.6) is 0 Å². The summed E-state index contributed by atoms with van der Waals surface area (Å²) in [7, 11) is 0. The maximum Gasteiger partial charge on any atom is 0.0323 e. The molecule has 0 radical (unpaired) electrons. The average Bonchev–Trinajstić information content (AvgIpc) is 1.64. The van der Waals surface area contributed by atoms with E-state index in [9.17, 15) is 0 Å². The fourth-order valence-electron chi connectivity index (χ4n) is 0.258. The summed E-state index contributed by atoms with van der Waals surface area (Å²) in [5.41, 5.74) is 1.41. The molecule has 0 heterocycles. The van der Waals surface area contributed by atoms with E-state index >= 15 is 0 Å². The zero-order valence-electron chi connectivity index (χ0n) is 5.38. The van der Waals surface area contributed by atoms with Gasteiger partial charge in [0.05, 0.1) is 0 Å². The van der Waals surface area contributed by atoms with Crippen molar-refractivity contribution >= 4 is 17.3 Å². The number of allylic oxidation sites excluding steroid dienone is 2. The van der Waals surface area contributed by atoms with Gasteiger partial charge in [0.2, 0.25) is 0 Å². The van der Waals surface area contributed by atoms with Crippen molar-refractivity contribution in [2.75, 3.05) is 0 Å². The molecule has 0 fully saturated rings. The Hall–Kier alpha value is -0.300. The zero-order chi connectivity index (χ0) is 6.73. The lowest BCUT2D eigenvalue weighted by atomic mass is 10.2. The predicted molar refractivity (Wildman–Crippen MR) is 37.6 cm³/mol. The fourth-order valence-corrected chi connectivity index (χ4v) is 0.400. The molecule has 0 unspecified atom stereocenters. The minimum absolute atomic E-state index is 0.539. The van der Waals surface area contributed by atoms with Gasteiger partial charge in [-0.1, -0.05) is 11.6 Å². The van der Waals surface area contributed by atoms with Crippen LogP contribution >= 0.6 is 11.6 Å². The molecule has 46 valence electrons. The largest absolute Gasteiger partial charge is 0.305 e. The first-order valence-electron chi connectivity index (χ1n) is 2.44. The van der Waals surface area contributed by atoms with E-state index in [1.54, 1.807) is 13.8 Å². The highest BCUT2D eigenvalue weighted by atomic mass is 35.5. The van der Waals surface area contributed by atoms with E-state index in [2.05, 4.69) is 0 Å². The number of halogens is 1. The summed E-state index contributed by atoms with van der Waals surface area (Å²) in [6.07, 6.45) is 0. The topological polar surface area (TPSA) is 23.9 Å². The van der Waals surface area contributed by atoms with Crippen LogP contribution in [-0.2, 0) is 0 Å². The predicted octanol–water partition coefficient (Wildman–Crippen LogP) is 2.56. The van der Waals surface area contributed by atoms with E-state index in [0.717, 1.165) is 5.57 Å². The molecule has 2 heteroatoms. The maximum atomic E-state index is 7.09. The second-order valence-electron chi connectivity index (χ2n) is 1.78. The van der Waals surface area contributed by atoms with E-state index in [1.165, 1.54) is 0 Å². The Morgan fingerprint density at radius 1 is 1.25 bits per heavy atom. The van der Waals surface area contributed by atoms with Crippen molar-refractivity contribution in [1.29, 1.82) is 5.41 Å². The van der Waals surface area contributed by atoms with Crippen LogP contribution in [0.1, 0.15) is 20.8 Å². The summed E-state index contributed by atoms with van der Waals surface area (Å²) < 4.78 is 0. The molecule has 8 heavy (non-hydrogen) atoms. The first-order valence-corrected chi connectivity index (χ1v) is 2.82. The molecular formula is C6H10ClN. The number of rotatable bonds is 1. The van der Waals surface area contributed by atoms with Gasteiger partial charge in [0, 0.05) is 10.7 Å².